The topological polar surface area (TPSA) is 52.6 Å². The highest BCUT2D eigenvalue weighted by molar-refractivity contribution is 7.10. The lowest BCUT2D eigenvalue weighted by Gasteiger charge is -2.30. The Kier molecular flexibility index (Phi) is 5.43. The third-order valence-corrected chi connectivity index (χ3v) is 5.03. The Balaban J connectivity index is 1.62. The van der Waals surface area contributed by atoms with Gasteiger partial charge in [0.05, 0.1) is 12.5 Å². The van der Waals surface area contributed by atoms with Crippen molar-refractivity contribution in [1.29, 1.82) is 0 Å². The molecule has 1 aliphatic rings. The Hall–Kier alpha value is -1.69. The van der Waals surface area contributed by atoms with Gasteiger partial charge in [-0.3, -0.25) is 9.69 Å². The van der Waals surface area contributed by atoms with E-state index in [2.05, 4.69) is 16.3 Å². The van der Waals surface area contributed by atoms with Crippen molar-refractivity contribution < 1.29 is 9.90 Å². The fraction of sp³-hybridized carbons (Fsp3) is 0.389. The lowest BCUT2D eigenvalue weighted by atomic mass is 10.1. The van der Waals surface area contributed by atoms with Gasteiger partial charge in [0.1, 0.15) is 0 Å². The zero-order chi connectivity index (χ0) is 16.1. The molecule has 23 heavy (non-hydrogen) atoms. The molecule has 0 spiro atoms. The maximum Gasteiger partial charge on any atom is 0.229 e. The van der Waals surface area contributed by atoms with Gasteiger partial charge in [0, 0.05) is 30.2 Å². The minimum atomic E-state index is -0.160. The molecule has 0 aliphatic carbocycles. The van der Waals surface area contributed by atoms with E-state index in [4.69, 9.17) is 0 Å². The van der Waals surface area contributed by atoms with Crippen molar-refractivity contribution in [3.63, 3.8) is 0 Å². The molecule has 3 rings (SSSR count). The Morgan fingerprint density at radius 1 is 1.22 bits per heavy atom. The summed E-state index contributed by atoms with van der Waals surface area (Å²) in [6.45, 7) is 2.61. The number of aliphatic hydroxyl groups is 1. The smallest absolute Gasteiger partial charge is 0.229 e. The Morgan fingerprint density at radius 3 is 2.74 bits per heavy atom. The SMILES string of the molecule is O=C(Cc1cccs1)Nc1ccccc1CN1CCC(O)CC1. The molecule has 122 valence electrons. The number of piperidine rings is 1. The third kappa shape index (κ3) is 4.64. The Morgan fingerprint density at radius 2 is 2.00 bits per heavy atom. The second kappa shape index (κ2) is 7.73. The first-order valence-corrected chi connectivity index (χ1v) is 8.89. The van der Waals surface area contributed by atoms with Crippen LogP contribution in [0.2, 0.25) is 0 Å². The van der Waals surface area contributed by atoms with E-state index in [1.54, 1.807) is 11.3 Å². The maximum atomic E-state index is 12.2. The van der Waals surface area contributed by atoms with Crippen LogP contribution in [-0.2, 0) is 17.8 Å². The van der Waals surface area contributed by atoms with Crippen LogP contribution < -0.4 is 5.32 Å². The fourth-order valence-electron chi connectivity index (χ4n) is 2.86. The molecule has 1 amide bonds. The lowest BCUT2D eigenvalue weighted by Crippen LogP contribution is -2.35. The van der Waals surface area contributed by atoms with Crippen molar-refractivity contribution in [2.75, 3.05) is 18.4 Å². The standard InChI is InChI=1S/C18H22N2O2S/c21-15-7-9-20(10-8-15)13-14-4-1-2-6-17(14)19-18(22)12-16-5-3-11-23-16/h1-6,11,15,21H,7-10,12-13H2,(H,19,22). The predicted molar refractivity (Wildman–Crippen MR) is 93.6 cm³/mol. The van der Waals surface area contributed by atoms with Crippen molar-refractivity contribution in [3.8, 4) is 0 Å². The molecule has 0 bridgehead atoms. The summed E-state index contributed by atoms with van der Waals surface area (Å²) in [6, 6.07) is 11.9. The molecule has 1 fully saturated rings. The summed E-state index contributed by atoms with van der Waals surface area (Å²) in [5.41, 5.74) is 2.02. The number of thiophene rings is 1. The number of anilines is 1. The highest BCUT2D eigenvalue weighted by Gasteiger charge is 2.18. The summed E-state index contributed by atoms with van der Waals surface area (Å²) >= 11 is 1.60. The number of nitrogens with one attached hydrogen (secondary N) is 1. The van der Waals surface area contributed by atoms with E-state index in [0.717, 1.165) is 48.6 Å². The summed E-state index contributed by atoms with van der Waals surface area (Å²) in [5, 5.41) is 14.6. The normalized spacial score (nSPS) is 16.4. The molecule has 0 unspecified atom stereocenters. The number of rotatable bonds is 5. The van der Waals surface area contributed by atoms with Gasteiger partial charge in [0.15, 0.2) is 0 Å². The first-order valence-electron chi connectivity index (χ1n) is 8.01. The number of likely N-dealkylation sites (tertiary alicyclic amines) is 1. The van der Waals surface area contributed by atoms with Crippen molar-refractivity contribution in [3.05, 3.63) is 52.2 Å². The number of hydrogen-bond acceptors (Lipinski definition) is 4. The van der Waals surface area contributed by atoms with Crippen molar-refractivity contribution in [2.45, 2.75) is 31.9 Å². The Bertz CT molecular complexity index is 634. The molecule has 0 saturated carbocycles. The van der Waals surface area contributed by atoms with Crippen LogP contribution in [0.1, 0.15) is 23.3 Å². The number of para-hydroxylation sites is 1. The highest BCUT2D eigenvalue weighted by Crippen LogP contribution is 2.20. The van der Waals surface area contributed by atoms with Crippen LogP contribution in [0.3, 0.4) is 0 Å². The van der Waals surface area contributed by atoms with Crippen molar-refractivity contribution in [2.24, 2.45) is 0 Å². The zero-order valence-corrected chi connectivity index (χ0v) is 13.9. The van der Waals surface area contributed by atoms with Gasteiger partial charge in [0.25, 0.3) is 0 Å². The third-order valence-electron chi connectivity index (χ3n) is 4.16. The van der Waals surface area contributed by atoms with E-state index in [9.17, 15) is 9.90 Å². The molecular formula is C18H22N2O2S. The Labute approximate surface area is 140 Å². The molecule has 0 radical (unpaired) electrons. The predicted octanol–water partition coefficient (Wildman–Crippen LogP) is 2.89. The maximum absolute atomic E-state index is 12.2. The van der Waals surface area contributed by atoms with Gasteiger partial charge in [-0.15, -0.1) is 11.3 Å². The summed E-state index contributed by atoms with van der Waals surface area (Å²) in [6.07, 6.45) is 1.91. The van der Waals surface area contributed by atoms with Gasteiger partial charge in [-0.05, 0) is 35.9 Å². The molecule has 2 aromatic rings. The van der Waals surface area contributed by atoms with E-state index in [0.29, 0.717) is 6.42 Å². The van der Waals surface area contributed by atoms with E-state index in [1.807, 2.05) is 35.7 Å². The van der Waals surface area contributed by atoms with Crippen LogP contribution in [0.4, 0.5) is 5.69 Å². The fourth-order valence-corrected chi connectivity index (χ4v) is 3.57. The molecule has 1 aliphatic heterocycles. The van der Waals surface area contributed by atoms with Crippen LogP contribution in [0, 0.1) is 0 Å². The molecule has 0 atom stereocenters. The number of benzene rings is 1. The van der Waals surface area contributed by atoms with Gasteiger partial charge >= 0.3 is 0 Å². The van der Waals surface area contributed by atoms with Crippen LogP contribution in [0.5, 0.6) is 0 Å². The van der Waals surface area contributed by atoms with E-state index >= 15 is 0 Å². The lowest BCUT2D eigenvalue weighted by molar-refractivity contribution is -0.115. The van der Waals surface area contributed by atoms with E-state index < -0.39 is 0 Å². The largest absolute Gasteiger partial charge is 0.393 e. The molecule has 1 aromatic carbocycles. The van der Waals surface area contributed by atoms with Gasteiger partial charge in [-0.2, -0.15) is 0 Å². The monoisotopic (exact) mass is 330 g/mol. The quantitative estimate of drug-likeness (QED) is 0.886. The first-order chi connectivity index (χ1) is 11.2. The summed E-state index contributed by atoms with van der Waals surface area (Å²) < 4.78 is 0. The number of carbonyl (C=O) groups is 1. The molecule has 4 nitrogen and oxygen atoms in total. The van der Waals surface area contributed by atoms with Crippen LogP contribution in [0.25, 0.3) is 0 Å². The van der Waals surface area contributed by atoms with Gasteiger partial charge in [0.2, 0.25) is 5.91 Å². The number of aliphatic hydroxyl groups excluding tert-OH is 1. The average Bonchev–Trinajstić information content (AvgIpc) is 3.04. The summed E-state index contributed by atoms with van der Waals surface area (Å²) in [7, 11) is 0. The molecule has 2 heterocycles. The van der Waals surface area contributed by atoms with Gasteiger partial charge in [-0.1, -0.05) is 24.3 Å². The van der Waals surface area contributed by atoms with Gasteiger partial charge < -0.3 is 10.4 Å². The second-order valence-electron chi connectivity index (χ2n) is 5.97. The van der Waals surface area contributed by atoms with Gasteiger partial charge in [-0.25, -0.2) is 0 Å². The number of amides is 1. The second-order valence-corrected chi connectivity index (χ2v) is 7.00. The number of carbonyl (C=O) groups excluding carboxylic acids is 1. The number of nitrogens with zero attached hydrogens (tertiary/aromatic N) is 1. The number of hydrogen-bond donors (Lipinski definition) is 2. The molecule has 5 heteroatoms. The highest BCUT2D eigenvalue weighted by atomic mass is 32.1. The van der Waals surface area contributed by atoms with E-state index in [-0.39, 0.29) is 12.0 Å². The average molecular weight is 330 g/mol. The summed E-state index contributed by atoms with van der Waals surface area (Å²) in [4.78, 5) is 15.6. The van der Waals surface area contributed by atoms with Crippen molar-refractivity contribution >= 4 is 22.9 Å². The molecule has 1 saturated heterocycles. The zero-order valence-electron chi connectivity index (χ0n) is 13.1. The van der Waals surface area contributed by atoms with E-state index in [1.165, 1.54) is 0 Å². The molecule has 1 aromatic heterocycles. The minimum Gasteiger partial charge on any atom is -0.393 e. The first kappa shape index (κ1) is 16.2. The van der Waals surface area contributed by atoms with Crippen LogP contribution in [0.15, 0.2) is 41.8 Å². The molecule has 2 N–H and O–H groups in total. The minimum absolute atomic E-state index is 0.0222. The molecular weight excluding hydrogens is 308 g/mol. The van der Waals surface area contributed by atoms with Crippen LogP contribution in [-0.4, -0.2) is 35.1 Å². The summed E-state index contributed by atoms with van der Waals surface area (Å²) in [5.74, 6) is 0.0222. The van der Waals surface area contributed by atoms with Crippen LogP contribution >= 0.6 is 11.3 Å². The van der Waals surface area contributed by atoms with Crippen molar-refractivity contribution in [1.82, 2.24) is 4.90 Å².